The summed E-state index contributed by atoms with van der Waals surface area (Å²) in [4.78, 5) is 4.34. The van der Waals surface area contributed by atoms with Crippen LogP contribution in [0.4, 0.5) is 0 Å². The molecule has 0 amide bonds. The van der Waals surface area contributed by atoms with Gasteiger partial charge in [-0.15, -0.1) is 11.8 Å². The van der Waals surface area contributed by atoms with Crippen molar-refractivity contribution in [2.45, 2.75) is 17.9 Å². The molecule has 1 aromatic heterocycles. The first kappa shape index (κ1) is 12.4. The smallest absolute Gasteiger partial charge is 0.0959 e. The van der Waals surface area contributed by atoms with Gasteiger partial charge >= 0.3 is 0 Å². The molecular weight excluding hydrogens is 286 g/mol. The molecule has 0 bridgehead atoms. The van der Waals surface area contributed by atoms with Gasteiger partial charge in [-0.25, -0.2) is 4.98 Å². The van der Waals surface area contributed by atoms with Crippen LogP contribution >= 0.6 is 27.7 Å². The highest BCUT2D eigenvalue weighted by atomic mass is 79.9. The molecule has 0 saturated carbocycles. The van der Waals surface area contributed by atoms with Crippen LogP contribution in [0.25, 0.3) is 0 Å². The molecule has 1 fully saturated rings. The number of hydrogen-bond donors (Lipinski definition) is 0. The van der Waals surface area contributed by atoms with Crippen molar-refractivity contribution in [2.75, 3.05) is 24.3 Å². The lowest BCUT2D eigenvalue weighted by Gasteiger charge is -2.35. The van der Waals surface area contributed by atoms with Crippen LogP contribution in [0.1, 0.15) is 12.8 Å². The van der Waals surface area contributed by atoms with E-state index in [0.29, 0.717) is 5.41 Å². The van der Waals surface area contributed by atoms with E-state index in [1.807, 2.05) is 30.1 Å². The molecule has 0 atom stereocenters. The topological polar surface area (TPSA) is 22.1 Å². The molecule has 0 radical (unpaired) electrons. The molecule has 1 aromatic rings. The van der Waals surface area contributed by atoms with E-state index in [9.17, 15) is 0 Å². The molecule has 2 rings (SSSR count). The Morgan fingerprint density at radius 2 is 2.19 bits per heavy atom. The molecule has 2 heterocycles. The summed E-state index contributed by atoms with van der Waals surface area (Å²) >= 11 is 5.51. The van der Waals surface area contributed by atoms with Gasteiger partial charge < -0.3 is 4.74 Å². The predicted molar refractivity (Wildman–Crippen MR) is 71.2 cm³/mol. The van der Waals surface area contributed by atoms with Crippen molar-refractivity contribution in [1.82, 2.24) is 4.98 Å². The van der Waals surface area contributed by atoms with Crippen molar-refractivity contribution >= 4 is 27.7 Å². The Morgan fingerprint density at radius 3 is 2.81 bits per heavy atom. The highest BCUT2D eigenvalue weighted by Crippen LogP contribution is 2.37. The first-order chi connectivity index (χ1) is 7.85. The Hall–Kier alpha value is -0.0600. The lowest BCUT2D eigenvalue weighted by Crippen LogP contribution is -2.33. The Bertz CT molecular complexity index is 314. The largest absolute Gasteiger partial charge is 0.381 e. The minimum atomic E-state index is 0.389. The van der Waals surface area contributed by atoms with Gasteiger partial charge in [0.15, 0.2) is 0 Å². The standard InChI is InChI=1S/C12H16BrNOS/c13-9-12(4-7-15-8-5-12)10-16-11-3-1-2-6-14-11/h1-3,6H,4-5,7-10H2. The normalized spacial score (nSPS) is 19.6. The summed E-state index contributed by atoms with van der Waals surface area (Å²) in [5, 5.41) is 2.18. The molecular formula is C12H16BrNOS. The maximum Gasteiger partial charge on any atom is 0.0959 e. The molecule has 0 aromatic carbocycles. The Kier molecular flexibility index (Phi) is 4.67. The highest BCUT2D eigenvalue weighted by molar-refractivity contribution is 9.09. The van der Waals surface area contributed by atoms with E-state index < -0.39 is 0 Å². The third-order valence-electron chi connectivity index (χ3n) is 3.00. The number of rotatable bonds is 4. The van der Waals surface area contributed by atoms with Crippen LogP contribution in [0, 0.1) is 5.41 Å². The van der Waals surface area contributed by atoms with Gasteiger partial charge in [0, 0.05) is 30.5 Å². The molecule has 16 heavy (non-hydrogen) atoms. The van der Waals surface area contributed by atoms with Crippen LogP contribution in [0.2, 0.25) is 0 Å². The fourth-order valence-corrected chi connectivity index (χ4v) is 3.96. The van der Waals surface area contributed by atoms with Crippen molar-refractivity contribution < 1.29 is 4.74 Å². The Balaban J connectivity index is 1.92. The average Bonchev–Trinajstić information content (AvgIpc) is 2.39. The maximum absolute atomic E-state index is 5.43. The van der Waals surface area contributed by atoms with Gasteiger partial charge in [0.2, 0.25) is 0 Å². The summed E-state index contributed by atoms with van der Waals surface area (Å²) in [6.07, 6.45) is 4.16. The van der Waals surface area contributed by atoms with Crippen LogP contribution in [0.5, 0.6) is 0 Å². The average molecular weight is 302 g/mol. The number of hydrogen-bond acceptors (Lipinski definition) is 3. The van der Waals surface area contributed by atoms with Crippen molar-refractivity contribution in [3.8, 4) is 0 Å². The van der Waals surface area contributed by atoms with E-state index in [1.165, 1.54) is 0 Å². The third-order valence-corrected chi connectivity index (χ3v) is 5.48. The monoisotopic (exact) mass is 301 g/mol. The number of aromatic nitrogens is 1. The number of ether oxygens (including phenoxy) is 1. The molecule has 0 aliphatic carbocycles. The summed E-state index contributed by atoms with van der Waals surface area (Å²) in [6.45, 7) is 1.79. The number of pyridine rings is 1. The van der Waals surface area contributed by atoms with Gasteiger partial charge in [-0.3, -0.25) is 0 Å². The number of nitrogens with zero attached hydrogens (tertiary/aromatic N) is 1. The minimum Gasteiger partial charge on any atom is -0.381 e. The second-order valence-corrected chi connectivity index (χ2v) is 5.76. The lowest BCUT2D eigenvalue weighted by atomic mass is 9.85. The first-order valence-electron chi connectivity index (χ1n) is 5.52. The van der Waals surface area contributed by atoms with Crippen molar-refractivity contribution in [2.24, 2.45) is 5.41 Å². The molecule has 1 aliphatic rings. The molecule has 0 spiro atoms. The van der Waals surface area contributed by atoms with E-state index in [-0.39, 0.29) is 0 Å². The van der Waals surface area contributed by atoms with Crippen molar-refractivity contribution in [3.05, 3.63) is 24.4 Å². The third kappa shape index (κ3) is 3.22. The van der Waals surface area contributed by atoms with Crippen LogP contribution in [-0.2, 0) is 4.74 Å². The maximum atomic E-state index is 5.43. The van der Waals surface area contributed by atoms with Gasteiger partial charge in [0.25, 0.3) is 0 Å². The molecule has 1 aliphatic heterocycles. The van der Waals surface area contributed by atoms with E-state index >= 15 is 0 Å². The number of halogens is 1. The number of alkyl halides is 1. The van der Waals surface area contributed by atoms with Crippen LogP contribution in [-0.4, -0.2) is 29.3 Å². The highest BCUT2D eigenvalue weighted by Gasteiger charge is 2.31. The van der Waals surface area contributed by atoms with E-state index in [0.717, 1.165) is 42.2 Å². The summed E-state index contributed by atoms with van der Waals surface area (Å²) in [5.74, 6) is 1.12. The SMILES string of the molecule is BrCC1(CSc2ccccn2)CCOCC1. The van der Waals surface area contributed by atoms with Gasteiger partial charge in [0.05, 0.1) is 5.03 Å². The Labute approximate surface area is 109 Å². The minimum absolute atomic E-state index is 0.389. The van der Waals surface area contributed by atoms with Gasteiger partial charge in [-0.05, 0) is 30.4 Å². The first-order valence-corrected chi connectivity index (χ1v) is 7.63. The second kappa shape index (κ2) is 6.03. The van der Waals surface area contributed by atoms with Gasteiger partial charge in [-0.1, -0.05) is 22.0 Å². The van der Waals surface area contributed by atoms with E-state index in [4.69, 9.17) is 4.74 Å². The second-order valence-electron chi connectivity index (χ2n) is 4.20. The Morgan fingerprint density at radius 1 is 1.38 bits per heavy atom. The van der Waals surface area contributed by atoms with Gasteiger partial charge in [0.1, 0.15) is 0 Å². The van der Waals surface area contributed by atoms with E-state index in [2.05, 4.69) is 27.0 Å². The fourth-order valence-electron chi connectivity index (χ4n) is 1.78. The molecule has 1 saturated heterocycles. The zero-order valence-electron chi connectivity index (χ0n) is 9.19. The number of thioether (sulfide) groups is 1. The molecule has 4 heteroatoms. The quantitative estimate of drug-likeness (QED) is 0.629. The summed E-state index contributed by atoms with van der Waals surface area (Å²) in [6, 6.07) is 6.07. The molecule has 88 valence electrons. The van der Waals surface area contributed by atoms with Crippen LogP contribution < -0.4 is 0 Å². The van der Waals surface area contributed by atoms with Crippen molar-refractivity contribution in [1.29, 1.82) is 0 Å². The van der Waals surface area contributed by atoms with E-state index in [1.54, 1.807) is 0 Å². The fraction of sp³-hybridized carbons (Fsp3) is 0.583. The lowest BCUT2D eigenvalue weighted by molar-refractivity contribution is 0.0374. The predicted octanol–water partition coefficient (Wildman–Crippen LogP) is 3.37. The summed E-state index contributed by atoms with van der Waals surface area (Å²) < 4.78 is 5.43. The summed E-state index contributed by atoms with van der Waals surface area (Å²) in [5.41, 5.74) is 0.389. The van der Waals surface area contributed by atoms with Crippen molar-refractivity contribution in [3.63, 3.8) is 0 Å². The molecule has 0 N–H and O–H groups in total. The zero-order chi connectivity index (χ0) is 11.3. The zero-order valence-corrected chi connectivity index (χ0v) is 11.6. The molecule has 2 nitrogen and oxygen atoms in total. The van der Waals surface area contributed by atoms with Gasteiger partial charge in [-0.2, -0.15) is 0 Å². The van der Waals surface area contributed by atoms with Crippen LogP contribution in [0.3, 0.4) is 0 Å². The van der Waals surface area contributed by atoms with Crippen LogP contribution in [0.15, 0.2) is 29.4 Å². The molecule has 0 unspecified atom stereocenters. The summed E-state index contributed by atoms with van der Waals surface area (Å²) in [7, 11) is 0.